The average molecular weight is 217 g/mol. The van der Waals surface area contributed by atoms with Crippen LogP contribution in [-0.2, 0) is 9.59 Å². The van der Waals surface area contributed by atoms with Crippen molar-refractivity contribution in [2.45, 2.75) is 25.9 Å². The Kier molecular flexibility index (Phi) is 7.57. The zero-order chi connectivity index (χ0) is 11.7. The number of amides is 2. The average Bonchev–Trinajstić information content (AvgIpc) is 2.23. The summed E-state index contributed by atoms with van der Waals surface area (Å²) >= 11 is 0. The zero-order valence-corrected chi connectivity index (χ0v) is 8.95. The summed E-state index contributed by atoms with van der Waals surface area (Å²) < 4.78 is 0. The van der Waals surface area contributed by atoms with E-state index < -0.39 is 6.10 Å². The Bertz CT molecular complexity index is 209. The van der Waals surface area contributed by atoms with Gasteiger partial charge in [0.1, 0.15) is 0 Å². The maximum Gasteiger partial charge on any atom is 0.239 e. The third kappa shape index (κ3) is 7.90. The quantitative estimate of drug-likeness (QED) is 0.409. The molecule has 88 valence electrons. The van der Waals surface area contributed by atoms with E-state index in [0.717, 1.165) is 6.42 Å². The molecule has 0 aromatic heterocycles. The molecule has 0 aliphatic heterocycles. The lowest BCUT2D eigenvalue weighted by Crippen LogP contribution is -2.41. The minimum atomic E-state index is -0.524. The van der Waals surface area contributed by atoms with Gasteiger partial charge in [-0.1, -0.05) is 13.3 Å². The first-order valence-corrected chi connectivity index (χ1v) is 5.01. The molecule has 0 rings (SSSR count). The minimum absolute atomic E-state index is 0.102. The van der Waals surface area contributed by atoms with Gasteiger partial charge in [-0.25, -0.2) is 0 Å². The van der Waals surface area contributed by atoms with Gasteiger partial charge in [0, 0.05) is 6.54 Å². The second kappa shape index (κ2) is 8.19. The van der Waals surface area contributed by atoms with Gasteiger partial charge >= 0.3 is 0 Å². The van der Waals surface area contributed by atoms with Crippen LogP contribution in [0.1, 0.15) is 19.8 Å². The lowest BCUT2D eigenvalue weighted by atomic mass is 10.2. The van der Waals surface area contributed by atoms with Crippen molar-refractivity contribution in [1.29, 1.82) is 0 Å². The Hall–Kier alpha value is -1.14. The summed E-state index contributed by atoms with van der Waals surface area (Å²) in [4.78, 5) is 21.8. The number of carbonyl (C=O) groups is 2. The third-order valence-corrected chi connectivity index (χ3v) is 1.79. The summed E-state index contributed by atoms with van der Waals surface area (Å²) in [7, 11) is 0. The van der Waals surface area contributed by atoms with Gasteiger partial charge in [-0.3, -0.25) is 9.59 Å². The Morgan fingerprint density at radius 3 is 2.53 bits per heavy atom. The number of aliphatic hydroxyl groups excluding tert-OH is 1. The molecule has 1 atom stereocenters. The maximum absolute atomic E-state index is 11.1. The van der Waals surface area contributed by atoms with E-state index in [4.69, 9.17) is 5.73 Å². The maximum atomic E-state index is 11.1. The van der Waals surface area contributed by atoms with Gasteiger partial charge in [-0.2, -0.15) is 0 Å². The molecule has 5 N–H and O–H groups in total. The first-order chi connectivity index (χ1) is 7.10. The van der Waals surface area contributed by atoms with E-state index in [9.17, 15) is 14.7 Å². The van der Waals surface area contributed by atoms with E-state index in [1.807, 2.05) is 6.92 Å². The Morgan fingerprint density at radius 2 is 2.00 bits per heavy atom. The molecule has 2 amide bonds. The molecule has 0 aromatic carbocycles. The predicted octanol–water partition coefficient (Wildman–Crippen LogP) is -1.66. The number of nitrogens with two attached hydrogens (primary N) is 1. The molecule has 0 spiro atoms. The third-order valence-electron chi connectivity index (χ3n) is 1.79. The molecule has 0 saturated carbocycles. The standard InChI is InChI=1S/C9H19N3O3/c1-2-3-7(13)5-11-9(15)6-12-8(14)4-10/h7,13H,2-6,10H2,1H3,(H,11,15)(H,12,14). The summed E-state index contributed by atoms with van der Waals surface area (Å²) in [5.41, 5.74) is 5.04. The van der Waals surface area contributed by atoms with Gasteiger partial charge in [0.2, 0.25) is 11.8 Å². The first-order valence-electron chi connectivity index (χ1n) is 5.01. The van der Waals surface area contributed by atoms with E-state index >= 15 is 0 Å². The summed E-state index contributed by atoms with van der Waals surface area (Å²) in [6.07, 6.45) is 0.986. The SMILES string of the molecule is CCCC(O)CNC(=O)CNC(=O)CN. The normalized spacial score (nSPS) is 11.9. The minimum Gasteiger partial charge on any atom is -0.391 e. The number of hydrogen-bond acceptors (Lipinski definition) is 4. The number of hydrogen-bond donors (Lipinski definition) is 4. The molecule has 6 heteroatoms. The highest BCUT2D eigenvalue weighted by Gasteiger charge is 2.06. The van der Waals surface area contributed by atoms with Crippen LogP contribution in [0.25, 0.3) is 0 Å². The summed E-state index contributed by atoms with van der Waals surface area (Å²) in [6, 6.07) is 0. The summed E-state index contributed by atoms with van der Waals surface area (Å²) in [5, 5.41) is 14.1. The van der Waals surface area contributed by atoms with Crippen molar-refractivity contribution < 1.29 is 14.7 Å². The van der Waals surface area contributed by atoms with Crippen molar-refractivity contribution in [2.24, 2.45) is 5.73 Å². The van der Waals surface area contributed by atoms with Crippen LogP contribution in [0.3, 0.4) is 0 Å². The fourth-order valence-electron chi connectivity index (χ4n) is 0.980. The molecule has 0 aliphatic rings. The van der Waals surface area contributed by atoms with Gasteiger partial charge in [0.25, 0.3) is 0 Å². The van der Waals surface area contributed by atoms with Gasteiger partial charge in [-0.05, 0) is 6.42 Å². The molecule has 0 saturated heterocycles. The molecule has 6 nitrogen and oxygen atoms in total. The smallest absolute Gasteiger partial charge is 0.239 e. The molecule has 0 fully saturated rings. The van der Waals surface area contributed by atoms with Crippen LogP contribution in [0.5, 0.6) is 0 Å². The van der Waals surface area contributed by atoms with Crippen LogP contribution in [0.4, 0.5) is 0 Å². The number of aliphatic hydroxyl groups is 1. The van der Waals surface area contributed by atoms with Crippen LogP contribution in [-0.4, -0.2) is 42.7 Å². The highest BCUT2D eigenvalue weighted by atomic mass is 16.3. The largest absolute Gasteiger partial charge is 0.391 e. The van der Waals surface area contributed by atoms with Crippen molar-refractivity contribution in [3.05, 3.63) is 0 Å². The molecular formula is C9H19N3O3. The number of nitrogens with one attached hydrogen (secondary N) is 2. The van der Waals surface area contributed by atoms with Crippen LogP contribution in [0, 0.1) is 0 Å². The lowest BCUT2D eigenvalue weighted by molar-refractivity contribution is -0.125. The molecule has 0 radical (unpaired) electrons. The molecule has 15 heavy (non-hydrogen) atoms. The molecule has 0 aromatic rings. The second-order valence-corrected chi connectivity index (χ2v) is 3.23. The molecular weight excluding hydrogens is 198 g/mol. The van der Waals surface area contributed by atoms with Crippen molar-refractivity contribution in [1.82, 2.24) is 10.6 Å². The van der Waals surface area contributed by atoms with Gasteiger partial charge in [-0.15, -0.1) is 0 Å². The van der Waals surface area contributed by atoms with Gasteiger partial charge < -0.3 is 21.5 Å². The van der Waals surface area contributed by atoms with E-state index in [0.29, 0.717) is 6.42 Å². The second-order valence-electron chi connectivity index (χ2n) is 3.23. The van der Waals surface area contributed by atoms with Gasteiger partial charge in [0.05, 0.1) is 19.2 Å². The lowest BCUT2D eigenvalue weighted by Gasteiger charge is -2.10. The van der Waals surface area contributed by atoms with Crippen molar-refractivity contribution >= 4 is 11.8 Å². The number of rotatable bonds is 7. The molecule has 1 unspecified atom stereocenters. The van der Waals surface area contributed by atoms with Crippen LogP contribution >= 0.6 is 0 Å². The van der Waals surface area contributed by atoms with Crippen molar-refractivity contribution in [3.8, 4) is 0 Å². The van der Waals surface area contributed by atoms with E-state index in [-0.39, 0.29) is 31.4 Å². The molecule has 0 bridgehead atoms. The topological polar surface area (TPSA) is 104 Å². The highest BCUT2D eigenvalue weighted by Crippen LogP contribution is 1.93. The highest BCUT2D eigenvalue weighted by molar-refractivity contribution is 5.85. The predicted molar refractivity (Wildman–Crippen MR) is 56.0 cm³/mol. The summed E-state index contributed by atoms with van der Waals surface area (Å²) in [5.74, 6) is -0.703. The Labute approximate surface area is 89.2 Å². The van der Waals surface area contributed by atoms with Crippen molar-refractivity contribution in [3.63, 3.8) is 0 Å². The monoisotopic (exact) mass is 217 g/mol. The Morgan fingerprint density at radius 1 is 1.33 bits per heavy atom. The van der Waals surface area contributed by atoms with Crippen molar-refractivity contribution in [2.75, 3.05) is 19.6 Å². The molecule has 0 aliphatic carbocycles. The first kappa shape index (κ1) is 13.9. The fraction of sp³-hybridized carbons (Fsp3) is 0.778. The van der Waals surface area contributed by atoms with E-state index in [1.54, 1.807) is 0 Å². The summed E-state index contributed by atoms with van der Waals surface area (Å²) in [6.45, 7) is 1.93. The fourth-order valence-corrected chi connectivity index (χ4v) is 0.980. The van der Waals surface area contributed by atoms with Crippen LogP contribution < -0.4 is 16.4 Å². The molecule has 0 heterocycles. The van der Waals surface area contributed by atoms with Crippen LogP contribution in [0.2, 0.25) is 0 Å². The van der Waals surface area contributed by atoms with E-state index in [2.05, 4.69) is 10.6 Å². The van der Waals surface area contributed by atoms with Crippen LogP contribution in [0.15, 0.2) is 0 Å². The number of carbonyl (C=O) groups excluding carboxylic acids is 2. The van der Waals surface area contributed by atoms with E-state index in [1.165, 1.54) is 0 Å². The Balaban J connectivity index is 3.53. The zero-order valence-electron chi connectivity index (χ0n) is 8.95. The van der Waals surface area contributed by atoms with Gasteiger partial charge in [0.15, 0.2) is 0 Å².